The highest BCUT2D eigenvalue weighted by Gasteiger charge is 2.39. The maximum Gasteiger partial charge on any atom is 0.335 e. The summed E-state index contributed by atoms with van der Waals surface area (Å²) in [5.74, 6) is -0.954. The van der Waals surface area contributed by atoms with E-state index in [4.69, 9.17) is 4.43 Å². The summed E-state index contributed by atoms with van der Waals surface area (Å²) in [7, 11) is -1.98. The quantitative estimate of drug-likeness (QED) is 0.495. The molecule has 0 aliphatic rings. The van der Waals surface area contributed by atoms with Crippen LogP contribution in [0.3, 0.4) is 0 Å². The molecular formula is C20H35NO4SSi. The van der Waals surface area contributed by atoms with Crippen LogP contribution in [0.4, 0.5) is 0 Å². The Morgan fingerprint density at radius 1 is 1.26 bits per heavy atom. The van der Waals surface area contributed by atoms with Crippen molar-refractivity contribution in [2.75, 3.05) is 6.61 Å². The van der Waals surface area contributed by atoms with Gasteiger partial charge in [0.1, 0.15) is 4.75 Å². The second-order valence-corrected chi connectivity index (χ2v) is 16.3. The number of hydrogen-bond acceptors (Lipinski definition) is 4. The summed E-state index contributed by atoms with van der Waals surface area (Å²) in [4.78, 5) is 11.2. The molecule has 1 aromatic rings. The van der Waals surface area contributed by atoms with Crippen LogP contribution in [0, 0.1) is 6.92 Å². The first-order valence-electron chi connectivity index (χ1n) is 9.22. The highest BCUT2D eigenvalue weighted by molar-refractivity contribution is 7.90. The van der Waals surface area contributed by atoms with Crippen LogP contribution in [0.15, 0.2) is 18.2 Å². The van der Waals surface area contributed by atoms with Crippen LogP contribution in [-0.2, 0) is 15.8 Å². The summed E-state index contributed by atoms with van der Waals surface area (Å²) >= 11 is -1.27. The Balaban J connectivity index is 3.17. The molecule has 1 aromatic carbocycles. The molecule has 0 spiro atoms. The number of carbonyl (C=O) groups is 1. The highest BCUT2D eigenvalue weighted by atomic mass is 32.2. The number of carboxylic acid groups (broad SMARTS) is 1. The van der Waals surface area contributed by atoms with Gasteiger partial charge in [-0.3, -0.25) is 0 Å². The van der Waals surface area contributed by atoms with Gasteiger partial charge in [0.2, 0.25) is 0 Å². The first-order valence-corrected chi connectivity index (χ1v) is 13.3. The first kappa shape index (κ1) is 24.2. The molecule has 0 unspecified atom stereocenters. The van der Waals surface area contributed by atoms with Gasteiger partial charge < -0.3 is 14.1 Å². The van der Waals surface area contributed by atoms with Crippen molar-refractivity contribution >= 4 is 25.6 Å². The molecule has 0 aliphatic heterocycles. The summed E-state index contributed by atoms with van der Waals surface area (Å²) in [5.41, 5.74) is 2.01. The van der Waals surface area contributed by atoms with E-state index in [2.05, 4.69) is 38.6 Å². The lowest BCUT2D eigenvalue weighted by Gasteiger charge is -2.38. The monoisotopic (exact) mass is 413 g/mol. The molecule has 0 fully saturated rings. The van der Waals surface area contributed by atoms with Gasteiger partial charge in [0.25, 0.3) is 0 Å². The molecule has 1 rings (SSSR count). The van der Waals surface area contributed by atoms with Crippen molar-refractivity contribution in [3.63, 3.8) is 0 Å². The lowest BCUT2D eigenvalue weighted by atomic mass is 10.00. The molecule has 0 saturated heterocycles. The normalized spacial score (nSPS) is 15.5. The predicted molar refractivity (Wildman–Crippen MR) is 115 cm³/mol. The van der Waals surface area contributed by atoms with E-state index < -0.39 is 30.4 Å². The SMILES string of the molecule is Cc1cc(C(=O)O)ccc1[C@@H](CO[Si](C)(C)C(C)(C)C)N[S@@+]([O-])C(C)(C)C. The van der Waals surface area contributed by atoms with E-state index in [1.807, 2.05) is 27.7 Å². The van der Waals surface area contributed by atoms with Crippen LogP contribution < -0.4 is 4.72 Å². The minimum absolute atomic E-state index is 0.0724. The van der Waals surface area contributed by atoms with Gasteiger partial charge in [-0.1, -0.05) is 26.8 Å². The number of hydrogen-bond donors (Lipinski definition) is 2. The van der Waals surface area contributed by atoms with Crippen molar-refractivity contribution < 1.29 is 18.9 Å². The molecule has 2 N–H and O–H groups in total. The van der Waals surface area contributed by atoms with Crippen LogP contribution in [-0.4, -0.2) is 35.3 Å². The Bertz CT molecular complexity index is 665. The van der Waals surface area contributed by atoms with Crippen molar-refractivity contribution in [3.8, 4) is 0 Å². The van der Waals surface area contributed by atoms with Gasteiger partial charge >= 0.3 is 5.97 Å². The lowest BCUT2D eigenvalue weighted by molar-refractivity contribution is 0.0696. The van der Waals surface area contributed by atoms with Crippen LogP contribution in [0.1, 0.15) is 69.1 Å². The second-order valence-electron chi connectivity index (χ2n) is 9.50. The minimum atomic E-state index is -1.98. The van der Waals surface area contributed by atoms with Crippen molar-refractivity contribution in [1.29, 1.82) is 0 Å². The van der Waals surface area contributed by atoms with Crippen LogP contribution in [0.25, 0.3) is 0 Å². The maximum atomic E-state index is 12.7. The van der Waals surface area contributed by atoms with Crippen LogP contribution in [0.2, 0.25) is 18.1 Å². The zero-order valence-corrected chi connectivity index (χ0v) is 19.9. The molecule has 0 amide bonds. The molecule has 0 aliphatic carbocycles. The van der Waals surface area contributed by atoms with E-state index >= 15 is 0 Å². The standard InChI is InChI=1S/C20H35NO4SSi/c1-14-12-15(18(22)23)10-11-16(14)17(21-26(24)19(2,3)4)13-25-27(8,9)20(5,6)7/h10-12,17,21H,13H2,1-9H3,(H,22,23)/t17-,26+/m1/s1. The molecule has 0 saturated carbocycles. The van der Waals surface area contributed by atoms with Crippen molar-refractivity contribution in [2.24, 2.45) is 0 Å². The summed E-state index contributed by atoms with van der Waals surface area (Å²) in [6.45, 7) is 18.9. The molecule has 154 valence electrons. The van der Waals surface area contributed by atoms with Gasteiger partial charge in [-0.25, -0.2) is 4.79 Å². The van der Waals surface area contributed by atoms with E-state index in [0.29, 0.717) is 6.61 Å². The highest BCUT2D eigenvalue weighted by Crippen LogP contribution is 2.37. The third kappa shape index (κ3) is 6.60. The fraction of sp³-hybridized carbons (Fsp3) is 0.650. The van der Waals surface area contributed by atoms with Gasteiger partial charge in [-0.15, -0.1) is 4.72 Å². The predicted octanol–water partition coefficient (Wildman–Crippen LogP) is 4.81. The van der Waals surface area contributed by atoms with E-state index in [0.717, 1.165) is 11.1 Å². The Kier molecular flexibility index (Phi) is 7.75. The van der Waals surface area contributed by atoms with Crippen molar-refractivity contribution in [2.45, 2.75) is 77.4 Å². The van der Waals surface area contributed by atoms with Crippen LogP contribution >= 0.6 is 0 Å². The first-order chi connectivity index (χ1) is 12.1. The number of carboxylic acids is 1. The third-order valence-electron chi connectivity index (χ3n) is 5.11. The zero-order chi connectivity index (χ0) is 21.2. The number of aromatic carboxylic acids is 1. The van der Waals surface area contributed by atoms with Gasteiger partial charge in [0.15, 0.2) is 8.32 Å². The number of aryl methyl sites for hydroxylation is 1. The second kappa shape index (κ2) is 8.65. The molecule has 0 heterocycles. The summed E-state index contributed by atoms with van der Waals surface area (Å²) in [5, 5.41) is 9.28. The Labute approximate surface area is 168 Å². The van der Waals surface area contributed by atoms with E-state index in [9.17, 15) is 14.5 Å². The molecule has 0 radical (unpaired) electrons. The average molecular weight is 414 g/mol. The van der Waals surface area contributed by atoms with Crippen LogP contribution in [0.5, 0.6) is 0 Å². The average Bonchev–Trinajstić information content (AvgIpc) is 2.49. The van der Waals surface area contributed by atoms with Gasteiger partial charge in [0, 0.05) is 11.4 Å². The van der Waals surface area contributed by atoms with Gasteiger partial charge in [-0.2, -0.15) is 0 Å². The fourth-order valence-corrected chi connectivity index (χ4v) is 4.02. The Hall–Kier alpha value is -0.863. The van der Waals surface area contributed by atoms with Gasteiger partial charge in [0.05, 0.1) is 18.2 Å². The maximum absolute atomic E-state index is 12.7. The molecule has 7 heteroatoms. The fourth-order valence-electron chi connectivity index (χ4n) is 2.20. The molecule has 27 heavy (non-hydrogen) atoms. The lowest BCUT2D eigenvalue weighted by Crippen LogP contribution is -2.46. The molecular weight excluding hydrogens is 378 g/mol. The summed E-state index contributed by atoms with van der Waals surface area (Å²) in [6.07, 6.45) is 0. The summed E-state index contributed by atoms with van der Waals surface area (Å²) < 4.78 is 21.9. The smallest absolute Gasteiger partial charge is 0.335 e. The third-order valence-corrected chi connectivity index (χ3v) is 11.2. The molecule has 5 nitrogen and oxygen atoms in total. The topological polar surface area (TPSA) is 81.6 Å². The van der Waals surface area contributed by atoms with E-state index in [1.54, 1.807) is 18.2 Å². The molecule has 0 aromatic heterocycles. The van der Waals surface area contributed by atoms with Crippen molar-refractivity contribution in [1.82, 2.24) is 4.72 Å². The number of benzene rings is 1. The molecule has 2 atom stereocenters. The largest absolute Gasteiger partial charge is 0.598 e. The van der Waals surface area contributed by atoms with E-state index in [-0.39, 0.29) is 16.6 Å². The van der Waals surface area contributed by atoms with Crippen molar-refractivity contribution in [3.05, 3.63) is 34.9 Å². The Morgan fingerprint density at radius 3 is 2.22 bits per heavy atom. The minimum Gasteiger partial charge on any atom is -0.598 e. The zero-order valence-electron chi connectivity index (χ0n) is 18.1. The van der Waals surface area contributed by atoms with Gasteiger partial charge in [-0.05, 0) is 69.1 Å². The van der Waals surface area contributed by atoms with E-state index in [1.165, 1.54) is 0 Å². The number of nitrogens with one attached hydrogen (secondary N) is 1. The molecule has 0 bridgehead atoms. The Morgan fingerprint density at radius 2 is 1.81 bits per heavy atom. The number of rotatable bonds is 7. The summed E-state index contributed by atoms with van der Waals surface area (Å²) in [6, 6.07) is 4.76.